The van der Waals surface area contributed by atoms with Crippen molar-refractivity contribution >= 4 is 21.7 Å². The van der Waals surface area contributed by atoms with Crippen molar-refractivity contribution in [3.05, 3.63) is 71.9 Å². The molecule has 1 fully saturated rings. The number of nitrogens with zero attached hydrogens (tertiary/aromatic N) is 1. The predicted molar refractivity (Wildman–Crippen MR) is 124 cm³/mol. The molecule has 3 heterocycles. The second-order valence-electron chi connectivity index (χ2n) is 8.76. The molecule has 0 N–H and O–H groups in total. The van der Waals surface area contributed by atoms with Gasteiger partial charge >= 0.3 is 0 Å². The minimum atomic E-state index is -1.21. The zero-order valence-electron chi connectivity index (χ0n) is 18.2. The first kappa shape index (κ1) is 23.6. The Hall–Kier alpha value is -1.02. The SMILES string of the molecule is Cc1ccc(-c2[c-]cccc2)[c-]c1-c1cc2c(c[n+]1C)[Si]1(CCCC1)CCC2.[B].[Y]. The molecule has 3 aromatic rings. The van der Waals surface area contributed by atoms with Crippen molar-refractivity contribution in [1.29, 1.82) is 0 Å². The van der Waals surface area contributed by atoms with Gasteiger partial charge in [-0.3, -0.25) is 0 Å². The Morgan fingerprint density at radius 3 is 2.47 bits per heavy atom. The second-order valence-corrected chi connectivity index (χ2v) is 13.4. The van der Waals surface area contributed by atoms with Crippen LogP contribution in [0.2, 0.25) is 18.1 Å². The summed E-state index contributed by atoms with van der Waals surface area (Å²) in [6.07, 6.45) is 8.08. The molecule has 1 spiro atoms. The van der Waals surface area contributed by atoms with E-state index in [2.05, 4.69) is 67.2 Å². The number of fused-ring (bicyclic) bond motifs is 2. The summed E-state index contributed by atoms with van der Waals surface area (Å²) in [5, 5.41) is 1.77. The minimum absolute atomic E-state index is 0. The smallest absolute Gasteiger partial charge is 0.161 e. The normalized spacial score (nSPS) is 16.5. The molecule has 0 atom stereocenters. The maximum absolute atomic E-state index is 3.71. The van der Waals surface area contributed by atoms with Gasteiger partial charge in [0.15, 0.2) is 6.20 Å². The fourth-order valence-corrected chi connectivity index (χ4v) is 11.1. The molecule has 2 aliphatic heterocycles. The van der Waals surface area contributed by atoms with Crippen LogP contribution in [0.3, 0.4) is 0 Å². The first-order valence-corrected chi connectivity index (χ1v) is 13.3. The van der Waals surface area contributed by atoms with Crippen LogP contribution in [0.5, 0.6) is 0 Å². The number of benzene rings is 2. The maximum atomic E-state index is 3.71. The van der Waals surface area contributed by atoms with Crippen molar-refractivity contribution < 1.29 is 37.3 Å². The predicted octanol–water partition coefficient (Wildman–Crippen LogP) is 4.77. The molecule has 0 unspecified atom stereocenters. The van der Waals surface area contributed by atoms with Crippen LogP contribution in [0.15, 0.2) is 48.7 Å². The standard InChI is InChI=1S/C26H28NSi.B.Y/c1-20-12-13-22(21-9-4-3-5-10-21)17-24(20)25-18-23-11-8-16-28(14-6-7-15-28)26(23)19-27(25)2;;/h3-5,9,12-13,18-19H,6-8,11,14-16H2,1-2H3;;/q-1;;. The monoisotopic (exact) mass is 482 g/mol. The summed E-state index contributed by atoms with van der Waals surface area (Å²) < 4.78 is 2.38. The second kappa shape index (κ2) is 9.63. The molecule has 2 aromatic carbocycles. The van der Waals surface area contributed by atoms with E-state index in [0.29, 0.717) is 0 Å². The van der Waals surface area contributed by atoms with E-state index in [1.807, 2.05) is 12.1 Å². The molecule has 0 amide bonds. The van der Waals surface area contributed by atoms with E-state index in [0.717, 1.165) is 11.1 Å². The zero-order chi connectivity index (χ0) is 19.1. The van der Waals surface area contributed by atoms with Gasteiger partial charge in [0.05, 0.1) is 8.07 Å². The topological polar surface area (TPSA) is 3.88 Å². The molecule has 1 saturated heterocycles. The van der Waals surface area contributed by atoms with Gasteiger partial charge in [-0.1, -0.05) is 49.9 Å². The molecule has 5 rings (SSSR count). The van der Waals surface area contributed by atoms with Crippen LogP contribution in [-0.2, 0) is 46.2 Å². The number of aromatic nitrogens is 1. The largest absolute Gasteiger partial charge is 0.234 e. The molecule has 2 aliphatic rings. The van der Waals surface area contributed by atoms with Crippen LogP contribution in [0.25, 0.3) is 22.4 Å². The third-order valence-corrected chi connectivity index (χ3v) is 12.5. The Morgan fingerprint density at radius 1 is 0.967 bits per heavy atom. The summed E-state index contributed by atoms with van der Waals surface area (Å²) in [5.41, 5.74) is 7.70. The van der Waals surface area contributed by atoms with Crippen molar-refractivity contribution in [2.75, 3.05) is 0 Å². The molecule has 0 saturated carbocycles. The first-order valence-electron chi connectivity index (χ1n) is 10.7. The van der Waals surface area contributed by atoms with Crippen molar-refractivity contribution in [1.82, 2.24) is 0 Å². The Morgan fingerprint density at radius 2 is 1.73 bits per heavy atom. The first-order chi connectivity index (χ1) is 13.7. The van der Waals surface area contributed by atoms with E-state index in [-0.39, 0.29) is 41.1 Å². The van der Waals surface area contributed by atoms with E-state index in [1.54, 1.807) is 10.8 Å². The zero-order valence-corrected chi connectivity index (χ0v) is 22.0. The van der Waals surface area contributed by atoms with Gasteiger partial charge in [-0.25, -0.2) is 10.1 Å². The van der Waals surface area contributed by atoms with Gasteiger partial charge < -0.3 is 0 Å². The van der Waals surface area contributed by atoms with E-state index >= 15 is 0 Å². The third kappa shape index (κ3) is 4.18. The molecule has 1 nitrogen and oxygen atoms in total. The van der Waals surface area contributed by atoms with Crippen molar-refractivity contribution in [3.8, 4) is 22.4 Å². The number of hydrogen-bond donors (Lipinski definition) is 0. The van der Waals surface area contributed by atoms with Crippen LogP contribution in [-0.4, -0.2) is 16.5 Å². The van der Waals surface area contributed by atoms with E-state index < -0.39 is 8.07 Å². The van der Waals surface area contributed by atoms with Gasteiger partial charge in [0.2, 0.25) is 0 Å². The Kier molecular flexibility index (Phi) is 7.59. The molecule has 0 bridgehead atoms. The van der Waals surface area contributed by atoms with Crippen molar-refractivity contribution in [3.63, 3.8) is 0 Å². The van der Waals surface area contributed by atoms with Crippen molar-refractivity contribution in [2.45, 2.75) is 50.7 Å². The van der Waals surface area contributed by atoms with E-state index in [4.69, 9.17) is 0 Å². The third-order valence-electron chi connectivity index (χ3n) is 7.00. The van der Waals surface area contributed by atoms with Gasteiger partial charge in [-0.05, 0) is 18.1 Å². The fraction of sp³-hybridized carbons (Fsp3) is 0.346. The van der Waals surface area contributed by atoms with Crippen LogP contribution < -0.4 is 9.75 Å². The molecular formula is C26H28BNSiY-. The molecule has 4 heteroatoms. The average Bonchev–Trinajstić information content (AvgIpc) is 3.19. The van der Waals surface area contributed by atoms with Gasteiger partial charge in [-0.2, -0.15) is 42.0 Å². The minimum Gasteiger partial charge on any atom is -0.234 e. The summed E-state index contributed by atoms with van der Waals surface area (Å²) in [6.45, 7) is 2.21. The Labute approximate surface area is 209 Å². The quantitative estimate of drug-likeness (QED) is 0.282. The summed E-state index contributed by atoms with van der Waals surface area (Å²) in [5.74, 6) is 0. The maximum Gasteiger partial charge on any atom is 0.161 e. The van der Waals surface area contributed by atoms with Crippen molar-refractivity contribution in [2.24, 2.45) is 7.05 Å². The Balaban J connectivity index is 0.00000128. The average molecular weight is 482 g/mol. The van der Waals surface area contributed by atoms with Gasteiger partial charge in [0.25, 0.3) is 0 Å². The van der Waals surface area contributed by atoms with Crippen LogP contribution >= 0.6 is 0 Å². The number of rotatable bonds is 2. The summed E-state index contributed by atoms with van der Waals surface area (Å²) in [4.78, 5) is 0. The molecule has 1 aromatic heterocycles. The van der Waals surface area contributed by atoms with Gasteiger partial charge in [-0.15, -0.1) is 17.7 Å². The molecule has 148 valence electrons. The molecular weight excluding hydrogens is 454 g/mol. The summed E-state index contributed by atoms with van der Waals surface area (Å²) >= 11 is 0. The van der Waals surface area contributed by atoms with Crippen LogP contribution in [0, 0.1) is 19.1 Å². The molecule has 30 heavy (non-hydrogen) atoms. The number of pyridine rings is 1. The van der Waals surface area contributed by atoms with Crippen LogP contribution in [0.4, 0.5) is 0 Å². The van der Waals surface area contributed by atoms with Crippen LogP contribution in [0.1, 0.15) is 30.4 Å². The number of aryl methyl sites for hydroxylation is 3. The molecule has 0 aliphatic carbocycles. The summed E-state index contributed by atoms with van der Waals surface area (Å²) in [7, 11) is 1.02. The van der Waals surface area contributed by atoms with E-state index in [9.17, 15) is 0 Å². The van der Waals surface area contributed by atoms with E-state index in [1.165, 1.54) is 60.6 Å². The van der Waals surface area contributed by atoms with Gasteiger partial charge in [0.1, 0.15) is 12.7 Å². The number of hydrogen-bond acceptors (Lipinski definition) is 0. The van der Waals surface area contributed by atoms with Gasteiger partial charge in [0, 0.05) is 46.3 Å². The summed E-state index contributed by atoms with van der Waals surface area (Å²) in [6, 6.07) is 26.7. The molecule has 4 radical (unpaired) electrons. The fourth-order valence-electron chi connectivity index (χ4n) is 5.50. The Bertz CT molecular complexity index is 1030.